The molecule has 2 aliphatic heterocycles. The van der Waals surface area contributed by atoms with Crippen molar-refractivity contribution in [2.24, 2.45) is 0 Å². The van der Waals surface area contributed by atoms with Crippen LogP contribution in [0.3, 0.4) is 0 Å². The molecule has 1 N–H and O–H groups in total. The number of hydrogen-bond donors (Lipinski definition) is 1. The molecule has 3 rings (SSSR count). The summed E-state index contributed by atoms with van der Waals surface area (Å²) < 4.78 is 17.5. The number of hydrogen-bond acceptors (Lipinski definition) is 5. The molecule has 0 amide bonds. The number of ether oxygens (including phenoxy) is 3. The third-order valence-corrected chi connectivity index (χ3v) is 5.54. The minimum atomic E-state index is 0.0587. The van der Waals surface area contributed by atoms with Gasteiger partial charge >= 0.3 is 0 Å². The Morgan fingerprint density at radius 2 is 2.27 bits per heavy atom. The van der Waals surface area contributed by atoms with Crippen molar-refractivity contribution in [2.45, 2.75) is 37.5 Å². The maximum Gasteiger partial charge on any atom is 0.231 e. The topological polar surface area (TPSA) is 39.7 Å². The highest BCUT2D eigenvalue weighted by atomic mass is 32.2. The van der Waals surface area contributed by atoms with Gasteiger partial charge in [-0.2, -0.15) is 0 Å². The molecule has 120 valence electrons. The van der Waals surface area contributed by atoms with Gasteiger partial charge in [0.1, 0.15) is 6.10 Å². The van der Waals surface area contributed by atoms with Gasteiger partial charge in [0, 0.05) is 0 Å². The van der Waals surface area contributed by atoms with Crippen molar-refractivity contribution in [2.75, 3.05) is 20.4 Å². The molecular formula is C17H23NO3S. The normalized spacial score (nSPS) is 24.2. The average Bonchev–Trinajstić information content (AvgIpc) is 3.11. The van der Waals surface area contributed by atoms with E-state index in [9.17, 15) is 0 Å². The average molecular weight is 321 g/mol. The largest absolute Gasteiger partial charge is 0.485 e. The summed E-state index contributed by atoms with van der Waals surface area (Å²) in [5.41, 5.74) is 0. The molecule has 22 heavy (non-hydrogen) atoms. The van der Waals surface area contributed by atoms with Crippen molar-refractivity contribution in [3.05, 3.63) is 29.2 Å². The first-order valence-corrected chi connectivity index (χ1v) is 8.50. The molecule has 5 heteroatoms. The molecule has 0 aromatic heterocycles. The molecule has 0 radical (unpaired) electrons. The van der Waals surface area contributed by atoms with Crippen LogP contribution < -0.4 is 19.5 Å². The van der Waals surface area contributed by atoms with E-state index in [1.54, 1.807) is 0 Å². The molecule has 0 saturated carbocycles. The monoisotopic (exact) mass is 321 g/mol. The van der Waals surface area contributed by atoms with E-state index in [1.165, 1.54) is 4.91 Å². The number of rotatable bonds is 6. The standard InChI is InChI=1S/C17H23NO3S/c1-12-7-9-17(2,22-12)15(8-10-18-3)21-14-6-4-5-13-16(14)20-11-19-13/h4-7,15,18H,8-11H2,1-3H3. The lowest BCUT2D eigenvalue weighted by Gasteiger charge is -2.34. The number of para-hydroxylation sites is 1. The molecule has 0 bridgehead atoms. The van der Waals surface area contributed by atoms with Gasteiger partial charge in [-0.1, -0.05) is 12.1 Å². The van der Waals surface area contributed by atoms with Crippen molar-refractivity contribution in [3.8, 4) is 17.2 Å². The Balaban J connectivity index is 1.80. The van der Waals surface area contributed by atoms with Gasteiger partial charge in [0.2, 0.25) is 12.5 Å². The molecular weight excluding hydrogens is 298 g/mol. The Hall–Kier alpha value is -1.33. The first-order chi connectivity index (χ1) is 10.6. The molecule has 2 aliphatic rings. The minimum absolute atomic E-state index is 0.0587. The predicted octanol–water partition coefficient (Wildman–Crippen LogP) is 3.57. The summed E-state index contributed by atoms with van der Waals surface area (Å²) >= 11 is 1.92. The maximum absolute atomic E-state index is 6.40. The zero-order valence-electron chi connectivity index (χ0n) is 13.3. The Kier molecular flexibility index (Phi) is 4.54. The summed E-state index contributed by atoms with van der Waals surface area (Å²) in [5, 5.41) is 3.23. The fourth-order valence-electron chi connectivity index (χ4n) is 2.91. The van der Waals surface area contributed by atoms with Gasteiger partial charge in [-0.3, -0.25) is 0 Å². The number of nitrogens with one attached hydrogen (secondary N) is 1. The van der Waals surface area contributed by atoms with E-state index in [2.05, 4.69) is 25.2 Å². The first-order valence-electron chi connectivity index (χ1n) is 7.68. The molecule has 1 aromatic carbocycles. The van der Waals surface area contributed by atoms with E-state index in [4.69, 9.17) is 14.2 Å². The fraction of sp³-hybridized carbons (Fsp3) is 0.529. The van der Waals surface area contributed by atoms with Gasteiger partial charge in [0.15, 0.2) is 11.5 Å². The highest BCUT2D eigenvalue weighted by Gasteiger charge is 2.39. The summed E-state index contributed by atoms with van der Waals surface area (Å²) in [6.45, 7) is 5.64. The minimum Gasteiger partial charge on any atom is -0.485 e. The van der Waals surface area contributed by atoms with Crippen LogP contribution in [0.25, 0.3) is 0 Å². The number of allylic oxidation sites excluding steroid dienone is 2. The van der Waals surface area contributed by atoms with Gasteiger partial charge in [-0.05, 0) is 57.3 Å². The zero-order chi connectivity index (χ0) is 15.6. The van der Waals surface area contributed by atoms with Crippen LogP contribution in [0, 0.1) is 0 Å². The van der Waals surface area contributed by atoms with Crippen molar-refractivity contribution >= 4 is 11.8 Å². The molecule has 0 fully saturated rings. The summed E-state index contributed by atoms with van der Waals surface area (Å²) in [5.74, 6) is 2.28. The Morgan fingerprint density at radius 1 is 1.41 bits per heavy atom. The van der Waals surface area contributed by atoms with Crippen molar-refractivity contribution < 1.29 is 14.2 Å². The van der Waals surface area contributed by atoms with Crippen LogP contribution in [-0.4, -0.2) is 31.2 Å². The Labute approximate surface area is 136 Å². The molecule has 4 nitrogen and oxygen atoms in total. The predicted molar refractivity (Wildman–Crippen MR) is 89.9 cm³/mol. The third kappa shape index (κ3) is 3.06. The fourth-order valence-corrected chi connectivity index (χ4v) is 4.27. The van der Waals surface area contributed by atoms with Crippen molar-refractivity contribution in [3.63, 3.8) is 0 Å². The van der Waals surface area contributed by atoms with E-state index in [1.807, 2.05) is 37.0 Å². The van der Waals surface area contributed by atoms with E-state index in [-0.39, 0.29) is 17.6 Å². The van der Waals surface area contributed by atoms with Gasteiger partial charge in [0.25, 0.3) is 0 Å². The summed E-state index contributed by atoms with van der Waals surface area (Å²) in [6, 6.07) is 5.82. The highest BCUT2D eigenvalue weighted by Crippen LogP contribution is 2.48. The number of fused-ring (bicyclic) bond motifs is 1. The first kappa shape index (κ1) is 15.6. The lowest BCUT2D eigenvalue weighted by atomic mass is 9.96. The SMILES string of the molecule is CNCCC(Oc1cccc2c1OCO2)C1(C)CC=C(C)S1. The quantitative estimate of drug-likeness (QED) is 0.867. The highest BCUT2D eigenvalue weighted by molar-refractivity contribution is 8.04. The second kappa shape index (κ2) is 6.42. The molecule has 0 aliphatic carbocycles. The summed E-state index contributed by atoms with van der Waals surface area (Å²) in [4.78, 5) is 1.37. The number of benzene rings is 1. The van der Waals surface area contributed by atoms with E-state index < -0.39 is 0 Å². The third-order valence-electron chi connectivity index (χ3n) is 4.16. The second-order valence-corrected chi connectivity index (χ2v) is 7.70. The van der Waals surface area contributed by atoms with Gasteiger partial charge < -0.3 is 19.5 Å². The van der Waals surface area contributed by atoms with E-state index >= 15 is 0 Å². The van der Waals surface area contributed by atoms with Gasteiger partial charge in [0.05, 0.1) is 4.75 Å². The van der Waals surface area contributed by atoms with Crippen LogP contribution in [0.5, 0.6) is 17.2 Å². The number of thioether (sulfide) groups is 1. The molecule has 2 atom stereocenters. The summed E-state index contributed by atoms with van der Waals surface area (Å²) in [7, 11) is 1.97. The van der Waals surface area contributed by atoms with Crippen molar-refractivity contribution in [1.82, 2.24) is 5.32 Å². The van der Waals surface area contributed by atoms with E-state index in [0.717, 1.165) is 36.6 Å². The van der Waals surface area contributed by atoms with Crippen LogP contribution in [0.2, 0.25) is 0 Å². The van der Waals surface area contributed by atoms with E-state index in [0.29, 0.717) is 0 Å². The Bertz CT molecular complexity index is 575. The van der Waals surface area contributed by atoms with Gasteiger partial charge in [-0.25, -0.2) is 0 Å². The second-order valence-electron chi connectivity index (χ2n) is 5.92. The van der Waals surface area contributed by atoms with Crippen molar-refractivity contribution in [1.29, 1.82) is 0 Å². The smallest absolute Gasteiger partial charge is 0.231 e. The Morgan fingerprint density at radius 3 is 3.00 bits per heavy atom. The van der Waals surface area contributed by atoms with Gasteiger partial charge in [-0.15, -0.1) is 11.8 Å². The van der Waals surface area contributed by atoms with Crippen LogP contribution in [0.4, 0.5) is 0 Å². The van der Waals surface area contributed by atoms with Crippen LogP contribution >= 0.6 is 11.8 Å². The molecule has 0 spiro atoms. The summed E-state index contributed by atoms with van der Waals surface area (Å²) in [6.07, 6.45) is 4.39. The van der Waals surface area contributed by atoms with Crippen LogP contribution in [0.15, 0.2) is 29.2 Å². The van der Waals surface area contributed by atoms with Crippen LogP contribution in [-0.2, 0) is 0 Å². The molecule has 2 unspecified atom stereocenters. The maximum atomic E-state index is 6.40. The van der Waals surface area contributed by atoms with Crippen LogP contribution in [0.1, 0.15) is 26.7 Å². The molecule has 1 aromatic rings. The lowest BCUT2D eigenvalue weighted by molar-refractivity contribution is 0.138. The molecule has 0 saturated heterocycles. The zero-order valence-corrected chi connectivity index (χ0v) is 14.2. The molecule has 2 heterocycles. The lowest BCUT2D eigenvalue weighted by Crippen LogP contribution is -2.40.